The van der Waals surface area contributed by atoms with E-state index in [9.17, 15) is 4.79 Å². The van der Waals surface area contributed by atoms with Crippen molar-refractivity contribution in [3.63, 3.8) is 0 Å². The third-order valence-electron chi connectivity index (χ3n) is 7.66. The molecule has 1 amide bonds. The van der Waals surface area contributed by atoms with Crippen molar-refractivity contribution >= 4 is 22.6 Å². The van der Waals surface area contributed by atoms with Gasteiger partial charge in [0.2, 0.25) is 5.91 Å². The van der Waals surface area contributed by atoms with E-state index >= 15 is 0 Å². The minimum atomic E-state index is -0.0158. The van der Waals surface area contributed by atoms with E-state index in [2.05, 4.69) is 48.7 Å². The second kappa shape index (κ2) is 10.4. The lowest BCUT2D eigenvalue weighted by Gasteiger charge is -2.22. The van der Waals surface area contributed by atoms with Crippen LogP contribution >= 0.6 is 0 Å². The number of carbonyl (C=O) groups is 1. The molecule has 0 saturated carbocycles. The van der Waals surface area contributed by atoms with Gasteiger partial charge in [0, 0.05) is 30.6 Å². The van der Waals surface area contributed by atoms with Gasteiger partial charge < -0.3 is 23.7 Å². The minimum absolute atomic E-state index is 0.0158. The zero-order valence-electron chi connectivity index (χ0n) is 21.9. The Morgan fingerprint density at radius 2 is 1.82 bits per heavy atom. The highest BCUT2D eigenvalue weighted by Crippen LogP contribution is 2.38. The molecule has 7 nitrogen and oxygen atoms in total. The van der Waals surface area contributed by atoms with E-state index in [1.807, 2.05) is 41.3 Å². The number of hydrogen-bond acceptors (Lipinski definition) is 5. The van der Waals surface area contributed by atoms with Gasteiger partial charge in [0.05, 0.1) is 17.6 Å². The fourth-order valence-electron chi connectivity index (χ4n) is 5.35. The maximum absolute atomic E-state index is 13.1. The van der Waals surface area contributed by atoms with E-state index in [-0.39, 0.29) is 11.8 Å². The van der Waals surface area contributed by atoms with Crippen LogP contribution in [0.2, 0.25) is 0 Å². The zero-order chi connectivity index (χ0) is 26.1. The molecule has 4 aromatic rings. The predicted molar refractivity (Wildman–Crippen MR) is 148 cm³/mol. The molecule has 0 bridgehead atoms. The van der Waals surface area contributed by atoms with E-state index < -0.39 is 0 Å². The normalized spacial score (nSPS) is 17.7. The van der Waals surface area contributed by atoms with E-state index in [1.165, 1.54) is 5.56 Å². The number of anilines is 1. The van der Waals surface area contributed by atoms with Crippen LogP contribution in [-0.4, -0.2) is 41.8 Å². The van der Waals surface area contributed by atoms with Crippen LogP contribution in [0.4, 0.5) is 5.69 Å². The van der Waals surface area contributed by atoms with Gasteiger partial charge in [-0.05, 0) is 54.3 Å². The average molecular weight is 512 g/mol. The monoisotopic (exact) mass is 511 g/mol. The highest BCUT2D eigenvalue weighted by molar-refractivity contribution is 5.97. The first-order valence-electron chi connectivity index (χ1n) is 13.5. The lowest BCUT2D eigenvalue weighted by atomic mass is 9.99. The fraction of sp³-hybridized carbons (Fsp3) is 0.355. The van der Waals surface area contributed by atoms with E-state index in [0.717, 1.165) is 40.5 Å². The van der Waals surface area contributed by atoms with Gasteiger partial charge in [-0.15, -0.1) is 0 Å². The number of carbonyl (C=O) groups excluding carboxylic acids is 1. The van der Waals surface area contributed by atoms with Crippen LogP contribution in [-0.2, 0) is 11.3 Å². The lowest BCUT2D eigenvalue weighted by molar-refractivity contribution is -0.117. The Labute approximate surface area is 222 Å². The molecule has 3 heterocycles. The average Bonchev–Trinajstić information content (AvgIpc) is 3.53. The molecule has 2 aliphatic rings. The summed E-state index contributed by atoms with van der Waals surface area (Å²) in [4.78, 5) is 20.0. The Hall–Kier alpha value is -4.00. The summed E-state index contributed by atoms with van der Waals surface area (Å²) in [6, 6.07) is 22.3. The standard InChI is InChI=1S/C31H33N3O4/c1-3-21(2)22-8-11-25(12-9-22)36-15-14-33-27-7-5-4-6-26(27)32-31(33)23-18-30(35)34(20-23)24-10-13-28-29(19-24)38-17-16-37-28/h4-13,19,21,23H,3,14-18,20H2,1-2H3. The smallest absolute Gasteiger partial charge is 0.227 e. The molecule has 2 unspecified atom stereocenters. The number of nitrogens with zero attached hydrogens (tertiary/aromatic N) is 3. The highest BCUT2D eigenvalue weighted by atomic mass is 16.6. The van der Waals surface area contributed by atoms with E-state index in [1.54, 1.807) is 0 Å². The molecule has 1 aromatic heterocycles. The maximum atomic E-state index is 13.1. The van der Waals surface area contributed by atoms with Gasteiger partial charge in [0.25, 0.3) is 0 Å². The largest absolute Gasteiger partial charge is 0.492 e. The molecular formula is C31H33N3O4. The number of amides is 1. The molecule has 0 aliphatic carbocycles. The summed E-state index contributed by atoms with van der Waals surface area (Å²) in [5, 5.41) is 0. The summed E-state index contributed by atoms with van der Waals surface area (Å²) in [7, 11) is 0. The third kappa shape index (κ3) is 4.69. The van der Waals surface area contributed by atoms with Crippen molar-refractivity contribution in [2.24, 2.45) is 0 Å². The van der Waals surface area contributed by atoms with Gasteiger partial charge in [-0.1, -0.05) is 38.1 Å². The molecule has 196 valence electrons. The van der Waals surface area contributed by atoms with Crippen LogP contribution in [0, 0.1) is 0 Å². The fourth-order valence-corrected chi connectivity index (χ4v) is 5.35. The Morgan fingerprint density at radius 1 is 1.03 bits per heavy atom. The summed E-state index contributed by atoms with van der Waals surface area (Å²) in [5.41, 5.74) is 4.15. The van der Waals surface area contributed by atoms with Crippen molar-refractivity contribution in [1.82, 2.24) is 9.55 Å². The molecule has 1 fully saturated rings. The number of aromatic nitrogens is 2. The summed E-state index contributed by atoms with van der Waals surface area (Å²) in [6.07, 6.45) is 1.53. The van der Waals surface area contributed by atoms with E-state index in [0.29, 0.717) is 51.0 Å². The first-order chi connectivity index (χ1) is 18.6. The molecule has 3 aromatic carbocycles. The van der Waals surface area contributed by atoms with Crippen molar-refractivity contribution < 1.29 is 19.0 Å². The van der Waals surface area contributed by atoms with E-state index in [4.69, 9.17) is 19.2 Å². The predicted octanol–water partition coefficient (Wildman–Crippen LogP) is 5.92. The summed E-state index contributed by atoms with van der Waals surface area (Å²) < 4.78 is 19.7. The van der Waals surface area contributed by atoms with Gasteiger partial charge in [-0.3, -0.25) is 4.79 Å². The first kappa shape index (κ1) is 24.3. The number of imidazole rings is 1. The molecule has 6 rings (SSSR count). The third-order valence-corrected chi connectivity index (χ3v) is 7.66. The SMILES string of the molecule is CCC(C)c1ccc(OCCn2c(C3CC(=O)N(c4ccc5c(c4)OCCO5)C3)nc3ccccc32)cc1. The van der Waals surface area contributed by atoms with Crippen LogP contribution in [0.5, 0.6) is 17.2 Å². The van der Waals surface area contributed by atoms with Crippen LogP contribution in [0.1, 0.15) is 49.9 Å². The number of rotatable bonds is 8. The van der Waals surface area contributed by atoms with Gasteiger partial charge in [0.15, 0.2) is 11.5 Å². The molecule has 38 heavy (non-hydrogen) atoms. The molecular weight excluding hydrogens is 478 g/mol. The molecule has 0 radical (unpaired) electrons. The molecule has 2 atom stereocenters. The molecule has 0 N–H and O–H groups in total. The van der Waals surface area contributed by atoms with Crippen molar-refractivity contribution in [2.75, 3.05) is 31.3 Å². The summed E-state index contributed by atoms with van der Waals surface area (Å²) >= 11 is 0. The second-order valence-electron chi connectivity index (χ2n) is 10.1. The van der Waals surface area contributed by atoms with Gasteiger partial charge in [-0.25, -0.2) is 4.98 Å². The summed E-state index contributed by atoms with van der Waals surface area (Å²) in [6.45, 7) is 7.24. The Bertz CT molecular complexity index is 1450. The van der Waals surface area contributed by atoms with Crippen molar-refractivity contribution in [3.05, 3.63) is 78.1 Å². The molecule has 2 aliphatic heterocycles. The van der Waals surface area contributed by atoms with Gasteiger partial charge in [0.1, 0.15) is 31.4 Å². The maximum Gasteiger partial charge on any atom is 0.227 e. The second-order valence-corrected chi connectivity index (χ2v) is 10.1. The number of ether oxygens (including phenoxy) is 3. The van der Waals surface area contributed by atoms with Crippen molar-refractivity contribution in [1.29, 1.82) is 0 Å². The number of benzene rings is 3. The topological polar surface area (TPSA) is 65.8 Å². The first-order valence-corrected chi connectivity index (χ1v) is 13.5. The molecule has 7 heteroatoms. The lowest BCUT2D eigenvalue weighted by Crippen LogP contribution is -2.25. The highest BCUT2D eigenvalue weighted by Gasteiger charge is 2.35. The Kier molecular flexibility index (Phi) is 6.66. The van der Waals surface area contributed by atoms with Crippen LogP contribution < -0.4 is 19.1 Å². The molecule has 0 spiro atoms. The van der Waals surface area contributed by atoms with Gasteiger partial charge >= 0.3 is 0 Å². The zero-order valence-corrected chi connectivity index (χ0v) is 21.9. The number of para-hydroxylation sites is 2. The van der Waals surface area contributed by atoms with Gasteiger partial charge in [-0.2, -0.15) is 0 Å². The quantitative estimate of drug-likeness (QED) is 0.294. The van der Waals surface area contributed by atoms with Crippen LogP contribution in [0.15, 0.2) is 66.7 Å². The van der Waals surface area contributed by atoms with Crippen molar-refractivity contribution in [2.45, 2.75) is 45.1 Å². The summed E-state index contributed by atoms with van der Waals surface area (Å²) in [5.74, 6) is 3.81. The Balaban J connectivity index is 1.20. The number of hydrogen-bond donors (Lipinski definition) is 0. The minimum Gasteiger partial charge on any atom is -0.492 e. The van der Waals surface area contributed by atoms with Crippen LogP contribution in [0.25, 0.3) is 11.0 Å². The number of fused-ring (bicyclic) bond motifs is 2. The van der Waals surface area contributed by atoms with Crippen LogP contribution in [0.3, 0.4) is 0 Å². The molecule has 1 saturated heterocycles. The Morgan fingerprint density at radius 3 is 2.63 bits per heavy atom. The van der Waals surface area contributed by atoms with Crippen molar-refractivity contribution in [3.8, 4) is 17.2 Å².